The number of hydrogen-bond acceptors (Lipinski definition) is 3. The number of nitriles is 1. The maximum atomic E-state index is 11.0. The highest BCUT2D eigenvalue weighted by Gasteiger charge is 2.26. The molecule has 1 saturated heterocycles. The zero-order valence-corrected chi connectivity index (χ0v) is 7.34. The molecule has 0 amide bonds. The van der Waals surface area contributed by atoms with Crippen molar-refractivity contribution < 1.29 is 4.79 Å². The second kappa shape index (κ2) is 4.22. The molecule has 0 aromatic heterocycles. The van der Waals surface area contributed by atoms with Gasteiger partial charge in [-0.3, -0.25) is 4.79 Å². The number of ketones is 1. The Hall–Kier alpha value is -0.880. The minimum Gasteiger partial charge on any atom is -0.317 e. The molecule has 0 saturated carbocycles. The number of piperidine rings is 1. The van der Waals surface area contributed by atoms with Crippen LogP contribution in [0.2, 0.25) is 0 Å². The summed E-state index contributed by atoms with van der Waals surface area (Å²) in [5.74, 6) is -0.0646. The summed E-state index contributed by atoms with van der Waals surface area (Å²) in [5.41, 5.74) is 0. The molecule has 1 rings (SSSR count). The number of nitrogens with one attached hydrogen (secondary N) is 1. The van der Waals surface area contributed by atoms with Crippen molar-refractivity contribution in [2.75, 3.05) is 13.1 Å². The minimum atomic E-state index is -0.368. The average Bonchev–Trinajstić information content (AvgIpc) is 2.07. The number of Topliss-reactive ketones (excluding diaryl/α,β-unsaturated/α-hetero) is 1. The van der Waals surface area contributed by atoms with Crippen LogP contribution in [0.25, 0.3) is 0 Å². The molecule has 1 N–H and O–H groups in total. The van der Waals surface area contributed by atoms with Crippen LogP contribution in [0, 0.1) is 23.2 Å². The first-order chi connectivity index (χ1) is 5.75. The Morgan fingerprint density at radius 1 is 1.58 bits per heavy atom. The van der Waals surface area contributed by atoms with Gasteiger partial charge in [0, 0.05) is 0 Å². The van der Waals surface area contributed by atoms with E-state index in [0.717, 1.165) is 25.9 Å². The molecule has 0 aromatic rings. The van der Waals surface area contributed by atoms with Crippen molar-refractivity contribution >= 4 is 5.78 Å². The zero-order valence-electron chi connectivity index (χ0n) is 7.34. The van der Waals surface area contributed by atoms with E-state index in [-0.39, 0.29) is 17.6 Å². The van der Waals surface area contributed by atoms with E-state index in [1.165, 1.54) is 6.92 Å². The third kappa shape index (κ3) is 2.05. The lowest BCUT2D eigenvalue weighted by atomic mass is 9.84. The van der Waals surface area contributed by atoms with Gasteiger partial charge in [0.15, 0.2) is 0 Å². The van der Waals surface area contributed by atoms with Crippen LogP contribution in [0.3, 0.4) is 0 Å². The highest BCUT2D eigenvalue weighted by atomic mass is 16.1. The lowest BCUT2D eigenvalue weighted by Gasteiger charge is -2.24. The van der Waals surface area contributed by atoms with Crippen LogP contribution in [0.15, 0.2) is 0 Å². The molecular formula is C9H14N2O. The third-order valence-electron chi connectivity index (χ3n) is 2.43. The first-order valence-corrected chi connectivity index (χ1v) is 4.36. The molecule has 1 aliphatic heterocycles. The Labute approximate surface area is 72.8 Å². The topological polar surface area (TPSA) is 52.9 Å². The van der Waals surface area contributed by atoms with Crippen molar-refractivity contribution in [1.82, 2.24) is 5.32 Å². The van der Waals surface area contributed by atoms with Crippen LogP contribution in [0.1, 0.15) is 19.8 Å². The van der Waals surface area contributed by atoms with Crippen LogP contribution in [-0.2, 0) is 4.79 Å². The maximum absolute atomic E-state index is 11.0. The fraction of sp³-hybridized carbons (Fsp3) is 0.778. The highest BCUT2D eigenvalue weighted by molar-refractivity contribution is 5.81. The molecule has 1 fully saturated rings. The molecule has 0 bridgehead atoms. The van der Waals surface area contributed by atoms with E-state index >= 15 is 0 Å². The van der Waals surface area contributed by atoms with Crippen molar-refractivity contribution in [3.63, 3.8) is 0 Å². The van der Waals surface area contributed by atoms with Crippen LogP contribution >= 0.6 is 0 Å². The molecule has 3 nitrogen and oxygen atoms in total. The summed E-state index contributed by atoms with van der Waals surface area (Å²) in [4.78, 5) is 11.0. The summed E-state index contributed by atoms with van der Waals surface area (Å²) in [6.07, 6.45) is 1.91. The number of carbonyl (C=O) groups excluding carboxylic acids is 1. The smallest absolute Gasteiger partial charge is 0.147 e. The van der Waals surface area contributed by atoms with Gasteiger partial charge in [0.25, 0.3) is 0 Å². The van der Waals surface area contributed by atoms with Gasteiger partial charge < -0.3 is 5.32 Å². The summed E-state index contributed by atoms with van der Waals surface area (Å²) in [5, 5.41) is 12.0. The molecule has 0 radical (unpaired) electrons. The predicted molar refractivity (Wildman–Crippen MR) is 45.4 cm³/mol. The Morgan fingerprint density at radius 2 is 2.17 bits per heavy atom. The van der Waals surface area contributed by atoms with E-state index in [4.69, 9.17) is 5.26 Å². The van der Waals surface area contributed by atoms with Gasteiger partial charge in [0.1, 0.15) is 11.7 Å². The Morgan fingerprint density at radius 3 is 2.58 bits per heavy atom. The van der Waals surface area contributed by atoms with E-state index in [1.54, 1.807) is 0 Å². The van der Waals surface area contributed by atoms with Crippen molar-refractivity contribution in [1.29, 1.82) is 5.26 Å². The largest absolute Gasteiger partial charge is 0.317 e. The molecule has 0 spiro atoms. The molecule has 0 aromatic carbocycles. The molecule has 12 heavy (non-hydrogen) atoms. The fourth-order valence-electron chi connectivity index (χ4n) is 1.71. The van der Waals surface area contributed by atoms with Crippen LogP contribution in [0.4, 0.5) is 0 Å². The Balaban J connectivity index is 2.53. The number of rotatable bonds is 2. The summed E-state index contributed by atoms with van der Waals surface area (Å²) < 4.78 is 0. The summed E-state index contributed by atoms with van der Waals surface area (Å²) in [6.45, 7) is 3.39. The number of carbonyl (C=O) groups is 1. The van der Waals surface area contributed by atoms with Crippen molar-refractivity contribution in [2.45, 2.75) is 19.8 Å². The van der Waals surface area contributed by atoms with Crippen LogP contribution in [-0.4, -0.2) is 18.9 Å². The fourth-order valence-corrected chi connectivity index (χ4v) is 1.71. The number of hydrogen-bond donors (Lipinski definition) is 1. The van der Waals surface area contributed by atoms with E-state index in [9.17, 15) is 4.79 Å². The summed E-state index contributed by atoms with van der Waals surface area (Å²) in [6, 6.07) is 2.09. The monoisotopic (exact) mass is 166 g/mol. The van der Waals surface area contributed by atoms with Gasteiger partial charge in [-0.25, -0.2) is 0 Å². The van der Waals surface area contributed by atoms with Crippen molar-refractivity contribution in [3.05, 3.63) is 0 Å². The third-order valence-corrected chi connectivity index (χ3v) is 2.43. The normalized spacial score (nSPS) is 21.3. The lowest BCUT2D eigenvalue weighted by Crippen LogP contribution is -2.33. The molecule has 66 valence electrons. The van der Waals surface area contributed by atoms with Crippen LogP contribution in [0.5, 0.6) is 0 Å². The maximum Gasteiger partial charge on any atom is 0.147 e. The highest BCUT2D eigenvalue weighted by Crippen LogP contribution is 2.21. The van der Waals surface area contributed by atoms with Crippen molar-refractivity contribution in [2.24, 2.45) is 11.8 Å². The van der Waals surface area contributed by atoms with Gasteiger partial charge in [-0.1, -0.05) is 0 Å². The lowest BCUT2D eigenvalue weighted by molar-refractivity contribution is -0.120. The van der Waals surface area contributed by atoms with Crippen molar-refractivity contribution in [3.8, 4) is 6.07 Å². The van der Waals surface area contributed by atoms with Gasteiger partial charge in [0.2, 0.25) is 0 Å². The first kappa shape index (κ1) is 9.21. The van der Waals surface area contributed by atoms with Gasteiger partial charge in [-0.15, -0.1) is 0 Å². The molecule has 3 heteroatoms. The molecule has 1 unspecified atom stereocenters. The second-order valence-electron chi connectivity index (χ2n) is 3.30. The SMILES string of the molecule is CC(=O)C(C#N)C1CCNCC1. The van der Waals surface area contributed by atoms with Gasteiger partial charge in [-0.05, 0) is 38.8 Å². The quantitative estimate of drug-likeness (QED) is 0.657. The summed E-state index contributed by atoms with van der Waals surface area (Å²) >= 11 is 0. The minimum absolute atomic E-state index is 0.0180. The van der Waals surface area contributed by atoms with Gasteiger partial charge >= 0.3 is 0 Å². The summed E-state index contributed by atoms with van der Waals surface area (Å²) in [7, 11) is 0. The van der Waals surface area contributed by atoms with E-state index < -0.39 is 0 Å². The molecule has 0 aliphatic carbocycles. The van der Waals surface area contributed by atoms with Gasteiger partial charge in [0.05, 0.1) is 6.07 Å². The molecular weight excluding hydrogens is 152 g/mol. The van der Waals surface area contributed by atoms with Crippen LogP contribution < -0.4 is 5.32 Å². The Kier molecular flexibility index (Phi) is 3.24. The molecule has 1 atom stereocenters. The molecule has 1 aliphatic rings. The first-order valence-electron chi connectivity index (χ1n) is 4.36. The van der Waals surface area contributed by atoms with E-state index in [0.29, 0.717) is 0 Å². The zero-order chi connectivity index (χ0) is 8.97. The van der Waals surface area contributed by atoms with Gasteiger partial charge in [-0.2, -0.15) is 5.26 Å². The standard InChI is InChI=1S/C9H14N2O/c1-7(12)9(6-10)8-2-4-11-5-3-8/h8-9,11H,2-5H2,1H3. The number of nitrogens with zero attached hydrogens (tertiary/aromatic N) is 1. The van der Waals surface area contributed by atoms with E-state index in [1.807, 2.05) is 0 Å². The molecule has 1 heterocycles. The van der Waals surface area contributed by atoms with E-state index in [2.05, 4.69) is 11.4 Å². The predicted octanol–water partition coefficient (Wildman–Crippen LogP) is 0.715. The Bertz CT molecular complexity index is 201. The average molecular weight is 166 g/mol. The second-order valence-corrected chi connectivity index (χ2v) is 3.30.